The summed E-state index contributed by atoms with van der Waals surface area (Å²) in [5.74, 6) is -0.195. The molecule has 0 fully saturated rings. The van der Waals surface area contributed by atoms with Crippen molar-refractivity contribution in [3.8, 4) is 6.07 Å². The van der Waals surface area contributed by atoms with Crippen LogP contribution in [0.2, 0.25) is 0 Å². The summed E-state index contributed by atoms with van der Waals surface area (Å²) in [5, 5.41) is 11.9. The number of hydrogen-bond donors (Lipinski definition) is 0. The number of benzene rings is 1. The molecule has 0 unspecified atom stereocenters. The van der Waals surface area contributed by atoms with Gasteiger partial charge in [-0.25, -0.2) is 0 Å². The highest BCUT2D eigenvalue weighted by molar-refractivity contribution is 6.45. The van der Waals surface area contributed by atoms with Crippen molar-refractivity contribution in [3.63, 3.8) is 0 Å². The van der Waals surface area contributed by atoms with Gasteiger partial charge in [-0.05, 0) is 0 Å². The summed E-state index contributed by atoms with van der Waals surface area (Å²) < 4.78 is 0. The van der Waals surface area contributed by atoms with Crippen LogP contribution in [0.4, 0.5) is 0 Å². The first-order valence-corrected chi connectivity index (χ1v) is 4.39. The van der Waals surface area contributed by atoms with Gasteiger partial charge in [0.25, 0.3) is 0 Å². The number of Topliss-reactive ketones (excluding diaryl/α,β-unsaturated/α-hetero) is 1. The zero-order chi connectivity index (χ0) is 11.1. The Balaban J connectivity index is 2.90. The molecule has 0 amide bonds. The fourth-order valence-electron chi connectivity index (χ4n) is 1.04. The minimum absolute atomic E-state index is 0.163. The van der Waals surface area contributed by atoms with Crippen molar-refractivity contribution < 1.29 is 9.63 Å². The molecule has 0 atom stereocenters. The second kappa shape index (κ2) is 5.55. The molecule has 1 aromatic carbocycles. The summed E-state index contributed by atoms with van der Waals surface area (Å²) in [6.45, 7) is 1.24. The molecule has 0 aliphatic carbocycles. The molecule has 0 saturated heterocycles. The maximum Gasteiger partial charge on any atom is 0.202 e. The van der Waals surface area contributed by atoms with Gasteiger partial charge in [0.15, 0.2) is 11.5 Å². The summed E-state index contributed by atoms with van der Waals surface area (Å²) >= 11 is 0. The lowest BCUT2D eigenvalue weighted by atomic mass is 10.1. The average Bonchev–Trinajstić information content (AvgIpc) is 2.25. The van der Waals surface area contributed by atoms with Crippen LogP contribution in [0.1, 0.15) is 12.5 Å². The molecule has 15 heavy (non-hydrogen) atoms. The van der Waals surface area contributed by atoms with E-state index >= 15 is 0 Å². The summed E-state index contributed by atoms with van der Waals surface area (Å²) in [7, 11) is 0. The quantitative estimate of drug-likeness (QED) is 0.422. The summed E-state index contributed by atoms with van der Waals surface area (Å²) in [6, 6.07) is 10.7. The Morgan fingerprint density at radius 2 is 2.13 bits per heavy atom. The van der Waals surface area contributed by atoms with Crippen LogP contribution in [0.3, 0.4) is 0 Å². The highest BCUT2D eigenvalue weighted by atomic mass is 16.6. The number of nitrogens with zero attached hydrogens (tertiary/aromatic N) is 2. The number of nitriles is 1. The molecule has 0 bridgehead atoms. The van der Waals surface area contributed by atoms with Crippen molar-refractivity contribution in [2.24, 2.45) is 5.16 Å². The van der Waals surface area contributed by atoms with Gasteiger partial charge in [0, 0.05) is 12.5 Å². The van der Waals surface area contributed by atoms with E-state index in [1.54, 1.807) is 30.3 Å². The van der Waals surface area contributed by atoms with Crippen LogP contribution in [0.25, 0.3) is 0 Å². The number of ketones is 1. The van der Waals surface area contributed by atoms with Crippen LogP contribution >= 0.6 is 0 Å². The maximum atomic E-state index is 11.2. The monoisotopic (exact) mass is 202 g/mol. The molecule has 0 saturated carbocycles. The van der Waals surface area contributed by atoms with Crippen molar-refractivity contribution in [2.45, 2.75) is 6.92 Å². The van der Waals surface area contributed by atoms with Gasteiger partial charge in [0.05, 0.1) is 0 Å². The van der Waals surface area contributed by atoms with Crippen LogP contribution in [-0.4, -0.2) is 18.1 Å². The smallest absolute Gasteiger partial charge is 0.202 e. The molecular formula is C11H10N2O2. The highest BCUT2D eigenvalue weighted by Crippen LogP contribution is 2.02. The van der Waals surface area contributed by atoms with E-state index in [0.717, 1.165) is 0 Å². The van der Waals surface area contributed by atoms with Gasteiger partial charge >= 0.3 is 0 Å². The first kappa shape index (κ1) is 10.9. The zero-order valence-electron chi connectivity index (χ0n) is 8.30. The summed E-state index contributed by atoms with van der Waals surface area (Å²) in [5.41, 5.74) is 0.911. The third kappa shape index (κ3) is 3.24. The van der Waals surface area contributed by atoms with Gasteiger partial charge in [-0.2, -0.15) is 5.26 Å². The lowest BCUT2D eigenvalue weighted by Crippen LogP contribution is -2.12. The molecule has 76 valence electrons. The Morgan fingerprint density at radius 3 is 2.67 bits per heavy atom. The molecular weight excluding hydrogens is 192 g/mol. The first-order valence-electron chi connectivity index (χ1n) is 4.39. The Morgan fingerprint density at radius 1 is 1.47 bits per heavy atom. The van der Waals surface area contributed by atoms with Gasteiger partial charge < -0.3 is 4.84 Å². The van der Waals surface area contributed by atoms with Gasteiger partial charge in [0.2, 0.25) is 6.61 Å². The van der Waals surface area contributed by atoms with E-state index in [1.807, 2.05) is 6.07 Å². The van der Waals surface area contributed by atoms with Crippen molar-refractivity contribution in [1.29, 1.82) is 5.26 Å². The van der Waals surface area contributed by atoms with E-state index in [4.69, 9.17) is 5.26 Å². The molecule has 0 aliphatic heterocycles. The normalized spacial score (nSPS) is 10.5. The van der Waals surface area contributed by atoms with Gasteiger partial charge in [-0.3, -0.25) is 4.79 Å². The third-order valence-electron chi connectivity index (χ3n) is 1.67. The molecule has 0 heterocycles. The molecule has 4 nitrogen and oxygen atoms in total. The number of oxime groups is 1. The molecule has 0 radical (unpaired) electrons. The van der Waals surface area contributed by atoms with Crippen molar-refractivity contribution in [1.82, 2.24) is 0 Å². The molecule has 0 N–H and O–H groups in total. The fourth-order valence-corrected chi connectivity index (χ4v) is 1.04. The van der Waals surface area contributed by atoms with Crippen molar-refractivity contribution in [2.75, 3.05) is 6.61 Å². The lowest BCUT2D eigenvalue weighted by Gasteiger charge is -2.01. The summed E-state index contributed by atoms with van der Waals surface area (Å²) in [4.78, 5) is 15.9. The maximum absolute atomic E-state index is 11.2. The summed E-state index contributed by atoms with van der Waals surface area (Å²) in [6.07, 6.45) is 0. The van der Waals surface area contributed by atoms with Crippen LogP contribution in [0.15, 0.2) is 35.5 Å². The largest absolute Gasteiger partial charge is 0.380 e. The average molecular weight is 202 g/mol. The van der Waals surface area contributed by atoms with E-state index in [1.165, 1.54) is 6.92 Å². The molecule has 0 spiro atoms. The standard InChI is InChI=1S/C11H10N2O2/c1-9(14)11(13-15-8-7-12)10-5-3-2-4-6-10/h2-6H,8H2,1H3. The van der Waals surface area contributed by atoms with Crippen LogP contribution in [0, 0.1) is 11.3 Å². The van der Waals surface area contributed by atoms with Crippen molar-refractivity contribution >= 4 is 11.5 Å². The Hall–Kier alpha value is -2.15. The van der Waals surface area contributed by atoms with E-state index < -0.39 is 0 Å². The first-order chi connectivity index (χ1) is 7.25. The van der Waals surface area contributed by atoms with E-state index in [2.05, 4.69) is 9.99 Å². The van der Waals surface area contributed by atoms with Crippen LogP contribution < -0.4 is 0 Å². The highest BCUT2D eigenvalue weighted by Gasteiger charge is 2.09. The zero-order valence-corrected chi connectivity index (χ0v) is 8.30. The Kier molecular flexibility index (Phi) is 4.05. The number of carbonyl (C=O) groups excluding carboxylic acids is 1. The van der Waals surface area contributed by atoms with E-state index in [9.17, 15) is 4.79 Å². The second-order valence-corrected chi connectivity index (χ2v) is 2.79. The molecule has 1 rings (SSSR count). The predicted octanol–water partition coefficient (Wildman–Crippen LogP) is 1.52. The van der Waals surface area contributed by atoms with Crippen LogP contribution in [0.5, 0.6) is 0 Å². The Bertz CT molecular complexity index is 404. The Labute approximate surface area is 87.8 Å². The number of carbonyl (C=O) groups is 1. The molecule has 0 aliphatic rings. The number of rotatable bonds is 4. The van der Waals surface area contributed by atoms with Crippen molar-refractivity contribution in [3.05, 3.63) is 35.9 Å². The SMILES string of the molecule is CC(=O)C(=NOCC#N)c1ccccc1. The minimum Gasteiger partial charge on any atom is -0.380 e. The topological polar surface area (TPSA) is 62.4 Å². The minimum atomic E-state index is -0.195. The van der Waals surface area contributed by atoms with Gasteiger partial charge in [0.1, 0.15) is 6.07 Å². The lowest BCUT2D eigenvalue weighted by molar-refractivity contribution is -0.111. The van der Waals surface area contributed by atoms with E-state index in [0.29, 0.717) is 5.56 Å². The molecule has 1 aromatic rings. The predicted molar refractivity (Wildman–Crippen MR) is 55.2 cm³/mol. The van der Waals surface area contributed by atoms with Gasteiger partial charge in [-0.15, -0.1) is 0 Å². The second-order valence-electron chi connectivity index (χ2n) is 2.79. The van der Waals surface area contributed by atoms with Crippen LogP contribution in [-0.2, 0) is 9.63 Å². The number of hydrogen-bond acceptors (Lipinski definition) is 4. The molecule has 0 aromatic heterocycles. The third-order valence-corrected chi connectivity index (χ3v) is 1.67. The van der Waals surface area contributed by atoms with Gasteiger partial charge in [-0.1, -0.05) is 35.5 Å². The van der Waals surface area contributed by atoms with E-state index in [-0.39, 0.29) is 18.1 Å². The molecule has 4 heteroatoms. The fraction of sp³-hybridized carbons (Fsp3) is 0.182.